The van der Waals surface area contributed by atoms with Crippen LogP contribution < -0.4 is 10.6 Å². The molecule has 0 amide bonds. The highest BCUT2D eigenvalue weighted by molar-refractivity contribution is 5.80. The lowest BCUT2D eigenvalue weighted by atomic mass is 9.88. The molecule has 1 aliphatic carbocycles. The van der Waals surface area contributed by atoms with E-state index in [1.807, 2.05) is 12.1 Å². The summed E-state index contributed by atoms with van der Waals surface area (Å²) in [5.74, 6) is 1.81. The molecule has 5 heteroatoms. The maximum Gasteiger partial charge on any atom is 0.191 e. The molecule has 2 aromatic rings. The smallest absolute Gasteiger partial charge is 0.191 e. The topological polar surface area (TPSA) is 58.8 Å². The second-order valence-corrected chi connectivity index (χ2v) is 6.91. The fourth-order valence-corrected chi connectivity index (χ4v) is 3.41. The summed E-state index contributed by atoms with van der Waals surface area (Å²) >= 11 is 0. The van der Waals surface area contributed by atoms with Gasteiger partial charge in [-0.05, 0) is 49.4 Å². The molecule has 1 heterocycles. The van der Waals surface area contributed by atoms with Gasteiger partial charge in [-0.3, -0.25) is 4.99 Å². The number of ether oxygens (including phenoxy) is 1. The van der Waals surface area contributed by atoms with Crippen molar-refractivity contribution in [2.75, 3.05) is 20.3 Å². The maximum atomic E-state index is 5.39. The number of guanidine groups is 1. The van der Waals surface area contributed by atoms with Gasteiger partial charge in [0.05, 0.1) is 12.9 Å². The Balaban J connectivity index is 1.61. The van der Waals surface area contributed by atoms with Crippen LogP contribution in [0.2, 0.25) is 0 Å². The average Bonchev–Trinajstić information content (AvgIpc) is 3.15. The number of furan rings is 1. The van der Waals surface area contributed by atoms with E-state index in [1.165, 1.54) is 11.1 Å². The van der Waals surface area contributed by atoms with Gasteiger partial charge in [-0.2, -0.15) is 0 Å². The summed E-state index contributed by atoms with van der Waals surface area (Å²) in [6, 6.07) is 13.2. The molecule has 1 aromatic heterocycles. The summed E-state index contributed by atoms with van der Waals surface area (Å²) in [6.45, 7) is 3.43. The van der Waals surface area contributed by atoms with Gasteiger partial charge in [0, 0.05) is 32.2 Å². The standard InChI is InChI=1S/C21H29N3O2/c1-16(15-25-2)23-21(22-12-11-20-8-5-13-26-20)24-19-10-9-17-6-3-4-7-18(17)14-19/h3-8,13,16,19H,9-12,14-15H2,1-2H3,(H2,22,23,24). The van der Waals surface area contributed by atoms with Crippen molar-refractivity contribution in [2.45, 2.75) is 44.7 Å². The van der Waals surface area contributed by atoms with E-state index in [9.17, 15) is 0 Å². The second-order valence-electron chi connectivity index (χ2n) is 6.91. The zero-order valence-electron chi connectivity index (χ0n) is 15.7. The predicted molar refractivity (Wildman–Crippen MR) is 105 cm³/mol. The SMILES string of the molecule is COCC(C)NC(=NCCc1ccco1)NC1CCc2ccccc2C1. The van der Waals surface area contributed by atoms with Crippen molar-refractivity contribution in [3.05, 3.63) is 59.5 Å². The molecule has 0 aliphatic heterocycles. The molecule has 1 aliphatic rings. The van der Waals surface area contributed by atoms with Gasteiger partial charge in [0.1, 0.15) is 5.76 Å². The highest BCUT2D eigenvalue weighted by Crippen LogP contribution is 2.20. The molecule has 0 bridgehead atoms. The van der Waals surface area contributed by atoms with E-state index in [0.717, 1.165) is 37.4 Å². The number of fused-ring (bicyclic) bond motifs is 1. The van der Waals surface area contributed by atoms with Gasteiger partial charge in [0.25, 0.3) is 0 Å². The van der Waals surface area contributed by atoms with E-state index >= 15 is 0 Å². The van der Waals surface area contributed by atoms with Crippen molar-refractivity contribution in [3.8, 4) is 0 Å². The molecule has 2 atom stereocenters. The first-order chi connectivity index (χ1) is 12.7. The highest BCUT2D eigenvalue weighted by atomic mass is 16.5. The van der Waals surface area contributed by atoms with Crippen molar-refractivity contribution in [1.29, 1.82) is 0 Å². The Kier molecular flexibility index (Phi) is 6.72. The molecule has 0 spiro atoms. The third kappa shape index (κ3) is 5.36. The van der Waals surface area contributed by atoms with Crippen LogP contribution >= 0.6 is 0 Å². The minimum absolute atomic E-state index is 0.200. The van der Waals surface area contributed by atoms with E-state index in [4.69, 9.17) is 14.1 Å². The number of aryl methyl sites for hydroxylation is 1. The van der Waals surface area contributed by atoms with Gasteiger partial charge in [-0.25, -0.2) is 0 Å². The molecule has 5 nitrogen and oxygen atoms in total. The molecule has 0 fully saturated rings. The number of benzene rings is 1. The molecule has 0 saturated carbocycles. The fourth-order valence-electron chi connectivity index (χ4n) is 3.41. The zero-order valence-corrected chi connectivity index (χ0v) is 15.7. The van der Waals surface area contributed by atoms with Crippen molar-refractivity contribution in [2.24, 2.45) is 4.99 Å². The zero-order chi connectivity index (χ0) is 18.2. The Morgan fingerprint density at radius 2 is 2.12 bits per heavy atom. The van der Waals surface area contributed by atoms with Gasteiger partial charge in [0.15, 0.2) is 5.96 Å². The lowest BCUT2D eigenvalue weighted by Crippen LogP contribution is -2.49. The van der Waals surface area contributed by atoms with Crippen LogP contribution in [0.3, 0.4) is 0 Å². The summed E-state index contributed by atoms with van der Waals surface area (Å²) in [4.78, 5) is 4.75. The van der Waals surface area contributed by atoms with Gasteiger partial charge < -0.3 is 19.8 Å². The number of hydrogen-bond acceptors (Lipinski definition) is 3. The van der Waals surface area contributed by atoms with Crippen LogP contribution in [0.5, 0.6) is 0 Å². The maximum absolute atomic E-state index is 5.39. The van der Waals surface area contributed by atoms with E-state index < -0.39 is 0 Å². The van der Waals surface area contributed by atoms with E-state index in [2.05, 4.69) is 41.8 Å². The number of aliphatic imine (C=N–C) groups is 1. The van der Waals surface area contributed by atoms with Crippen molar-refractivity contribution >= 4 is 5.96 Å². The number of nitrogens with zero attached hydrogens (tertiary/aromatic N) is 1. The number of methoxy groups -OCH3 is 1. The van der Waals surface area contributed by atoms with Crippen molar-refractivity contribution in [1.82, 2.24) is 10.6 Å². The first-order valence-electron chi connectivity index (χ1n) is 9.40. The third-order valence-electron chi connectivity index (χ3n) is 4.70. The Morgan fingerprint density at radius 3 is 2.88 bits per heavy atom. The molecular weight excluding hydrogens is 326 g/mol. The number of nitrogens with one attached hydrogen (secondary N) is 2. The molecule has 2 unspecified atom stereocenters. The Bertz CT molecular complexity index is 697. The quantitative estimate of drug-likeness (QED) is 0.592. The van der Waals surface area contributed by atoms with Gasteiger partial charge in [-0.1, -0.05) is 24.3 Å². The van der Waals surface area contributed by atoms with Crippen molar-refractivity contribution < 1.29 is 9.15 Å². The molecule has 3 rings (SSSR count). The molecule has 140 valence electrons. The largest absolute Gasteiger partial charge is 0.469 e. The monoisotopic (exact) mass is 355 g/mol. The van der Waals surface area contributed by atoms with Crippen LogP contribution in [0, 0.1) is 0 Å². The first-order valence-corrected chi connectivity index (χ1v) is 9.40. The molecule has 2 N–H and O–H groups in total. The molecule has 1 aromatic carbocycles. The summed E-state index contributed by atoms with van der Waals surface area (Å²) in [6.07, 6.45) is 5.77. The summed E-state index contributed by atoms with van der Waals surface area (Å²) in [5.41, 5.74) is 2.92. The Hall–Kier alpha value is -2.27. The van der Waals surface area contributed by atoms with Crippen LogP contribution in [-0.4, -0.2) is 38.3 Å². The van der Waals surface area contributed by atoms with E-state index in [0.29, 0.717) is 19.2 Å². The van der Waals surface area contributed by atoms with Crippen LogP contribution in [0.4, 0.5) is 0 Å². The first kappa shape index (κ1) is 18.5. The number of hydrogen-bond donors (Lipinski definition) is 2. The Morgan fingerprint density at radius 1 is 1.27 bits per heavy atom. The Labute approximate surface area is 155 Å². The summed E-state index contributed by atoms with van der Waals surface area (Å²) in [5, 5.41) is 7.07. The van der Waals surface area contributed by atoms with E-state index in [1.54, 1.807) is 13.4 Å². The lowest BCUT2D eigenvalue weighted by Gasteiger charge is -2.28. The van der Waals surface area contributed by atoms with Crippen LogP contribution in [0.15, 0.2) is 52.1 Å². The van der Waals surface area contributed by atoms with Gasteiger partial charge in [0.2, 0.25) is 0 Å². The molecule has 0 saturated heterocycles. The molecule has 0 radical (unpaired) electrons. The van der Waals surface area contributed by atoms with Crippen molar-refractivity contribution in [3.63, 3.8) is 0 Å². The number of rotatable bonds is 7. The van der Waals surface area contributed by atoms with E-state index in [-0.39, 0.29) is 6.04 Å². The highest BCUT2D eigenvalue weighted by Gasteiger charge is 2.19. The minimum Gasteiger partial charge on any atom is -0.469 e. The minimum atomic E-state index is 0.200. The predicted octanol–water partition coefficient (Wildman–Crippen LogP) is 2.95. The summed E-state index contributed by atoms with van der Waals surface area (Å²) in [7, 11) is 1.72. The van der Waals surface area contributed by atoms with Crippen LogP contribution in [0.1, 0.15) is 30.2 Å². The lowest BCUT2D eigenvalue weighted by molar-refractivity contribution is 0.178. The van der Waals surface area contributed by atoms with Crippen LogP contribution in [-0.2, 0) is 24.0 Å². The normalized spacial score (nSPS) is 18.2. The third-order valence-corrected chi connectivity index (χ3v) is 4.70. The molecular formula is C21H29N3O2. The van der Waals surface area contributed by atoms with Gasteiger partial charge >= 0.3 is 0 Å². The summed E-state index contributed by atoms with van der Waals surface area (Å²) < 4.78 is 10.6. The van der Waals surface area contributed by atoms with Crippen LogP contribution in [0.25, 0.3) is 0 Å². The average molecular weight is 355 g/mol. The fraction of sp³-hybridized carbons (Fsp3) is 0.476. The molecule has 26 heavy (non-hydrogen) atoms. The second kappa shape index (κ2) is 9.43. The van der Waals surface area contributed by atoms with Gasteiger partial charge in [-0.15, -0.1) is 0 Å².